The maximum Gasteiger partial charge on any atom is 0.123 e. The molecule has 0 radical (unpaired) electrons. The third kappa shape index (κ3) is 4.49. The minimum atomic E-state index is -0.303. The Balaban J connectivity index is 2.90. The Morgan fingerprint density at radius 1 is 1.21 bits per heavy atom. The molecule has 1 rings (SSSR count). The van der Waals surface area contributed by atoms with E-state index in [1.807, 2.05) is 6.07 Å². The van der Waals surface area contributed by atoms with Gasteiger partial charge in [-0.2, -0.15) is 0 Å². The van der Waals surface area contributed by atoms with Gasteiger partial charge in [-0.15, -0.1) is 0 Å². The molecule has 1 aromatic carbocycles. The summed E-state index contributed by atoms with van der Waals surface area (Å²) < 4.78 is 5.35. The van der Waals surface area contributed by atoms with E-state index in [2.05, 4.69) is 38.2 Å². The number of aliphatic hydroxyl groups excluding tert-OH is 2. The molecule has 1 aromatic rings. The monoisotopic (exact) mass is 267 g/mol. The predicted octanol–water partition coefficient (Wildman–Crippen LogP) is 1.44. The van der Waals surface area contributed by atoms with E-state index in [-0.39, 0.29) is 24.7 Å². The fourth-order valence-electron chi connectivity index (χ4n) is 1.82. The van der Waals surface area contributed by atoms with Gasteiger partial charge in [0.1, 0.15) is 5.75 Å². The van der Waals surface area contributed by atoms with Gasteiger partial charge >= 0.3 is 0 Å². The van der Waals surface area contributed by atoms with Crippen molar-refractivity contribution >= 4 is 0 Å². The standard InChI is InChI=1S/C15H25NO3/c1-15(2,3)12-5-6-14(19-4)11(7-12)8-16-13(9-17)10-18/h5-7,13,16-18H,8-10H2,1-4H3. The second-order valence-electron chi connectivity index (χ2n) is 5.72. The van der Waals surface area contributed by atoms with Crippen molar-refractivity contribution in [3.8, 4) is 5.75 Å². The molecule has 108 valence electrons. The molecule has 0 aliphatic rings. The lowest BCUT2D eigenvalue weighted by atomic mass is 9.86. The number of aliphatic hydroxyl groups is 2. The van der Waals surface area contributed by atoms with Crippen LogP contribution in [0.4, 0.5) is 0 Å². The highest BCUT2D eigenvalue weighted by molar-refractivity contribution is 5.39. The van der Waals surface area contributed by atoms with E-state index in [0.29, 0.717) is 6.54 Å². The molecule has 0 aromatic heterocycles. The van der Waals surface area contributed by atoms with Crippen LogP contribution in [0.3, 0.4) is 0 Å². The fourth-order valence-corrected chi connectivity index (χ4v) is 1.82. The molecular weight excluding hydrogens is 242 g/mol. The molecular formula is C15H25NO3. The maximum atomic E-state index is 9.06. The molecule has 0 bridgehead atoms. The molecule has 4 nitrogen and oxygen atoms in total. The molecule has 19 heavy (non-hydrogen) atoms. The number of hydrogen-bond donors (Lipinski definition) is 3. The highest BCUT2D eigenvalue weighted by Gasteiger charge is 2.16. The lowest BCUT2D eigenvalue weighted by molar-refractivity contribution is 0.170. The van der Waals surface area contributed by atoms with E-state index in [9.17, 15) is 0 Å². The van der Waals surface area contributed by atoms with E-state index in [1.165, 1.54) is 5.56 Å². The summed E-state index contributed by atoms with van der Waals surface area (Å²) in [5, 5.41) is 21.2. The van der Waals surface area contributed by atoms with Crippen molar-refractivity contribution in [2.75, 3.05) is 20.3 Å². The summed E-state index contributed by atoms with van der Waals surface area (Å²) in [4.78, 5) is 0. The number of ether oxygens (including phenoxy) is 1. The van der Waals surface area contributed by atoms with Crippen LogP contribution < -0.4 is 10.1 Å². The van der Waals surface area contributed by atoms with E-state index < -0.39 is 0 Å². The second kappa shape index (κ2) is 6.89. The molecule has 0 atom stereocenters. The van der Waals surface area contributed by atoms with Crippen molar-refractivity contribution in [1.82, 2.24) is 5.32 Å². The molecule has 0 saturated carbocycles. The Kier molecular flexibility index (Phi) is 5.79. The van der Waals surface area contributed by atoms with Crippen molar-refractivity contribution < 1.29 is 14.9 Å². The van der Waals surface area contributed by atoms with Gasteiger partial charge in [-0.25, -0.2) is 0 Å². The Morgan fingerprint density at radius 3 is 2.32 bits per heavy atom. The van der Waals surface area contributed by atoms with Crippen LogP contribution >= 0.6 is 0 Å². The van der Waals surface area contributed by atoms with Gasteiger partial charge in [0.15, 0.2) is 0 Å². The SMILES string of the molecule is COc1ccc(C(C)(C)C)cc1CNC(CO)CO. The average molecular weight is 267 g/mol. The first kappa shape index (κ1) is 16.0. The molecule has 0 fully saturated rings. The summed E-state index contributed by atoms with van der Waals surface area (Å²) in [6.07, 6.45) is 0. The molecule has 0 spiro atoms. The van der Waals surface area contributed by atoms with E-state index in [0.717, 1.165) is 11.3 Å². The second-order valence-corrected chi connectivity index (χ2v) is 5.72. The molecule has 4 heteroatoms. The first-order valence-electron chi connectivity index (χ1n) is 6.55. The summed E-state index contributed by atoms with van der Waals surface area (Å²) in [7, 11) is 1.64. The molecule has 0 aliphatic heterocycles. The fraction of sp³-hybridized carbons (Fsp3) is 0.600. The van der Waals surface area contributed by atoms with Gasteiger partial charge in [0, 0.05) is 12.1 Å². The summed E-state index contributed by atoms with van der Waals surface area (Å²) in [5.74, 6) is 0.815. The summed E-state index contributed by atoms with van der Waals surface area (Å²) in [5.41, 5.74) is 2.34. The van der Waals surface area contributed by atoms with Gasteiger partial charge in [-0.05, 0) is 17.0 Å². The summed E-state index contributed by atoms with van der Waals surface area (Å²) in [6.45, 7) is 6.87. The van der Waals surface area contributed by atoms with Crippen LogP contribution in [-0.2, 0) is 12.0 Å². The minimum absolute atomic E-state index is 0.0778. The number of benzene rings is 1. The zero-order valence-corrected chi connectivity index (χ0v) is 12.2. The van der Waals surface area contributed by atoms with Gasteiger partial charge in [-0.3, -0.25) is 0 Å². The van der Waals surface area contributed by atoms with Crippen LogP contribution in [0.25, 0.3) is 0 Å². The van der Waals surface area contributed by atoms with E-state index >= 15 is 0 Å². The molecule has 0 aliphatic carbocycles. The third-order valence-corrected chi connectivity index (χ3v) is 3.17. The van der Waals surface area contributed by atoms with Gasteiger partial charge in [0.2, 0.25) is 0 Å². The van der Waals surface area contributed by atoms with Crippen molar-refractivity contribution in [3.63, 3.8) is 0 Å². The van der Waals surface area contributed by atoms with Crippen LogP contribution in [0.15, 0.2) is 18.2 Å². The van der Waals surface area contributed by atoms with Crippen molar-refractivity contribution in [2.24, 2.45) is 0 Å². The Hall–Kier alpha value is -1.10. The Labute approximate surface area is 115 Å². The van der Waals surface area contributed by atoms with Crippen molar-refractivity contribution in [2.45, 2.75) is 38.8 Å². The van der Waals surface area contributed by atoms with E-state index in [4.69, 9.17) is 14.9 Å². The predicted molar refractivity (Wildman–Crippen MR) is 76.5 cm³/mol. The number of rotatable bonds is 6. The first-order valence-corrected chi connectivity index (χ1v) is 6.55. The average Bonchev–Trinajstić information content (AvgIpc) is 2.38. The van der Waals surface area contributed by atoms with Crippen LogP contribution in [0.2, 0.25) is 0 Å². The molecule has 0 amide bonds. The van der Waals surface area contributed by atoms with Gasteiger partial charge in [0.25, 0.3) is 0 Å². The number of nitrogens with one attached hydrogen (secondary N) is 1. The number of methoxy groups -OCH3 is 1. The molecule has 3 N–H and O–H groups in total. The first-order chi connectivity index (χ1) is 8.92. The lowest BCUT2D eigenvalue weighted by Crippen LogP contribution is -2.35. The third-order valence-electron chi connectivity index (χ3n) is 3.17. The smallest absolute Gasteiger partial charge is 0.123 e. The van der Waals surface area contributed by atoms with Gasteiger partial charge in [-0.1, -0.05) is 32.9 Å². The van der Waals surface area contributed by atoms with Gasteiger partial charge in [0.05, 0.1) is 26.4 Å². The quantitative estimate of drug-likeness (QED) is 0.730. The minimum Gasteiger partial charge on any atom is -0.496 e. The highest BCUT2D eigenvalue weighted by atomic mass is 16.5. The molecule has 0 heterocycles. The van der Waals surface area contributed by atoms with Crippen LogP contribution in [0.1, 0.15) is 31.9 Å². The van der Waals surface area contributed by atoms with Crippen molar-refractivity contribution in [3.05, 3.63) is 29.3 Å². The van der Waals surface area contributed by atoms with Crippen LogP contribution in [0, 0.1) is 0 Å². The van der Waals surface area contributed by atoms with E-state index in [1.54, 1.807) is 7.11 Å². The maximum absolute atomic E-state index is 9.06. The van der Waals surface area contributed by atoms with Crippen molar-refractivity contribution in [1.29, 1.82) is 0 Å². The largest absolute Gasteiger partial charge is 0.496 e. The van der Waals surface area contributed by atoms with Gasteiger partial charge < -0.3 is 20.3 Å². The molecule has 0 unspecified atom stereocenters. The zero-order chi connectivity index (χ0) is 14.5. The normalized spacial score (nSPS) is 11.9. The van der Waals surface area contributed by atoms with Crippen LogP contribution in [0.5, 0.6) is 5.75 Å². The Bertz CT molecular complexity index is 395. The summed E-state index contributed by atoms with van der Waals surface area (Å²) >= 11 is 0. The zero-order valence-electron chi connectivity index (χ0n) is 12.2. The van der Waals surface area contributed by atoms with Crippen LogP contribution in [-0.4, -0.2) is 36.6 Å². The summed E-state index contributed by atoms with van der Waals surface area (Å²) in [6, 6.07) is 5.84. The molecule has 0 saturated heterocycles. The highest BCUT2D eigenvalue weighted by Crippen LogP contribution is 2.27. The Morgan fingerprint density at radius 2 is 1.84 bits per heavy atom. The topological polar surface area (TPSA) is 61.7 Å². The lowest BCUT2D eigenvalue weighted by Gasteiger charge is -2.22. The number of hydrogen-bond acceptors (Lipinski definition) is 4.